The van der Waals surface area contributed by atoms with Crippen LogP contribution in [0, 0.1) is 0 Å². The molecule has 1 aliphatic rings. The van der Waals surface area contributed by atoms with Crippen LogP contribution in [-0.2, 0) is 0 Å². The lowest BCUT2D eigenvalue weighted by molar-refractivity contribution is 1.43. The summed E-state index contributed by atoms with van der Waals surface area (Å²) in [6, 6.07) is 7.60. The number of hydrogen-bond donors (Lipinski definition) is 1. The highest BCUT2D eigenvalue weighted by atomic mass is 32.2. The van der Waals surface area contributed by atoms with E-state index >= 15 is 0 Å². The molecule has 0 atom stereocenters. The second-order valence-corrected chi connectivity index (χ2v) is 2.67. The van der Waals surface area contributed by atoms with Gasteiger partial charge in [-0.25, -0.2) is 0 Å². The van der Waals surface area contributed by atoms with Gasteiger partial charge in [0.15, 0.2) is 0 Å². The second kappa shape index (κ2) is 1.95. The molecule has 1 nitrogen and oxygen atoms in total. The van der Waals surface area contributed by atoms with Crippen molar-refractivity contribution < 1.29 is 2.74 Å². The average Bonchev–Trinajstić information content (AvgIpc) is 2.21. The van der Waals surface area contributed by atoms with Crippen molar-refractivity contribution in [3.05, 3.63) is 24.3 Å². The van der Waals surface area contributed by atoms with Crippen molar-refractivity contribution in [1.29, 1.82) is 0 Å². The standard InChI is InChI=1S/C7H7NS/c1-2-4-7-6(3-1)8-5-9-7/h1-4,8H,5H2/i5D2. The smallest absolute Gasteiger partial charge is 0.0658 e. The van der Waals surface area contributed by atoms with Gasteiger partial charge in [0, 0.05) is 10.6 Å². The van der Waals surface area contributed by atoms with E-state index in [-0.39, 0.29) is 0 Å². The van der Waals surface area contributed by atoms with Crippen molar-refractivity contribution in [3.8, 4) is 0 Å². The number of nitrogens with one attached hydrogen (secondary N) is 1. The summed E-state index contributed by atoms with van der Waals surface area (Å²) in [6.07, 6.45) is 0. The van der Waals surface area contributed by atoms with E-state index in [1.165, 1.54) is 11.8 Å². The first-order chi connectivity index (χ1) is 5.17. The summed E-state index contributed by atoms with van der Waals surface area (Å²) in [4.78, 5) is 0.984. The van der Waals surface area contributed by atoms with Gasteiger partial charge in [-0.3, -0.25) is 0 Å². The van der Waals surface area contributed by atoms with Crippen LogP contribution in [0.4, 0.5) is 5.69 Å². The van der Waals surface area contributed by atoms with Crippen LogP contribution in [0.5, 0.6) is 0 Å². The molecule has 0 fully saturated rings. The van der Waals surface area contributed by atoms with E-state index in [0.717, 1.165) is 10.6 Å². The van der Waals surface area contributed by atoms with Crippen molar-refractivity contribution in [3.63, 3.8) is 0 Å². The van der Waals surface area contributed by atoms with E-state index in [1.807, 2.05) is 24.3 Å². The average molecular weight is 139 g/mol. The summed E-state index contributed by atoms with van der Waals surface area (Å²) in [5.74, 6) is -1.33. The lowest BCUT2D eigenvalue weighted by Crippen LogP contribution is -1.86. The van der Waals surface area contributed by atoms with Gasteiger partial charge < -0.3 is 5.32 Å². The van der Waals surface area contributed by atoms with Gasteiger partial charge >= 0.3 is 0 Å². The predicted molar refractivity (Wildman–Crippen MR) is 40.8 cm³/mol. The van der Waals surface area contributed by atoms with E-state index in [4.69, 9.17) is 2.74 Å². The normalized spacial score (nSPS) is 23.6. The van der Waals surface area contributed by atoms with Crippen molar-refractivity contribution in [1.82, 2.24) is 0 Å². The Kier molecular flexibility index (Phi) is 0.764. The number of hydrogen-bond acceptors (Lipinski definition) is 2. The Labute approximate surface area is 61.3 Å². The Morgan fingerprint density at radius 3 is 3.33 bits per heavy atom. The maximum Gasteiger partial charge on any atom is 0.0658 e. The van der Waals surface area contributed by atoms with Gasteiger partial charge in [0.1, 0.15) is 0 Å². The minimum Gasteiger partial charge on any atom is -0.375 e. The highest BCUT2D eigenvalue weighted by Gasteiger charge is 2.06. The summed E-state index contributed by atoms with van der Waals surface area (Å²) in [6.45, 7) is 0. The summed E-state index contributed by atoms with van der Waals surface area (Å²) in [5, 5.41) is 2.77. The van der Waals surface area contributed by atoms with Gasteiger partial charge in [0.05, 0.1) is 8.57 Å². The molecule has 0 saturated carbocycles. The second-order valence-electron chi connectivity index (χ2n) is 1.83. The monoisotopic (exact) mass is 139 g/mol. The zero-order chi connectivity index (χ0) is 7.90. The number of anilines is 1. The van der Waals surface area contributed by atoms with Crippen LogP contribution in [0.1, 0.15) is 2.74 Å². The van der Waals surface area contributed by atoms with Crippen LogP contribution < -0.4 is 5.32 Å². The molecule has 0 bridgehead atoms. The van der Waals surface area contributed by atoms with Crippen LogP contribution in [0.2, 0.25) is 0 Å². The molecular formula is C7H7NS. The molecule has 0 aliphatic carbocycles. The number of benzene rings is 1. The quantitative estimate of drug-likeness (QED) is 0.591. The maximum absolute atomic E-state index is 7.39. The van der Waals surface area contributed by atoms with E-state index in [9.17, 15) is 0 Å². The number of thioether (sulfide) groups is 1. The number of para-hydroxylation sites is 1. The Bertz CT molecular complexity index is 261. The van der Waals surface area contributed by atoms with Gasteiger partial charge in [-0.1, -0.05) is 12.1 Å². The Morgan fingerprint density at radius 2 is 2.44 bits per heavy atom. The Morgan fingerprint density at radius 1 is 1.56 bits per heavy atom. The fourth-order valence-electron chi connectivity index (χ4n) is 0.794. The molecule has 0 saturated heterocycles. The molecule has 1 aromatic rings. The summed E-state index contributed by atoms with van der Waals surface area (Å²) >= 11 is 1.22. The summed E-state index contributed by atoms with van der Waals surface area (Å²) < 4.78 is 14.8. The van der Waals surface area contributed by atoms with Gasteiger partial charge in [-0.2, -0.15) is 0 Å². The molecule has 1 aromatic carbocycles. The molecule has 1 N–H and O–H groups in total. The molecule has 0 amide bonds. The molecule has 0 unspecified atom stereocenters. The first-order valence-electron chi connectivity index (χ1n) is 3.74. The molecule has 2 rings (SSSR count). The molecule has 46 valence electrons. The lowest BCUT2D eigenvalue weighted by Gasteiger charge is -1.92. The van der Waals surface area contributed by atoms with Gasteiger partial charge in [0.2, 0.25) is 0 Å². The maximum atomic E-state index is 7.39. The molecule has 0 aromatic heterocycles. The molecule has 0 spiro atoms. The largest absolute Gasteiger partial charge is 0.375 e. The SMILES string of the molecule is [2H]C1([2H])Nc2ccccc2S1. The van der Waals surface area contributed by atoms with Crippen LogP contribution in [-0.4, -0.2) is 5.83 Å². The van der Waals surface area contributed by atoms with Crippen LogP contribution in [0.25, 0.3) is 0 Å². The first-order valence-corrected chi connectivity index (χ1v) is 3.55. The third kappa shape index (κ3) is 0.793. The zero-order valence-electron chi connectivity index (χ0n) is 6.72. The topological polar surface area (TPSA) is 12.0 Å². The van der Waals surface area contributed by atoms with Gasteiger partial charge in [0.25, 0.3) is 0 Å². The third-order valence-electron chi connectivity index (χ3n) is 1.23. The van der Waals surface area contributed by atoms with Crippen molar-refractivity contribution in [2.24, 2.45) is 0 Å². The van der Waals surface area contributed by atoms with Crippen LogP contribution in [0.3, 0.4) is 0 Å². The first kappa shape index (κ1) is 3.52. The lowest BCUT2D eigenvalue weighted by atomic mass is 10.3. The highest BCUT2D eigenvalue weighted by molar-refractivity contribution is 7.99. The van der Waals surface area contributed by atoms with Crippen molar-refractivity contribution in [2.75, 3.05) is 11.1 Å². The van der Waals surface area contributed by atoms with Crippen molar-refractivity contribution >= 4 is 17.4 Å². The van der Waals surface area contributed by atoms with E-state index in [2.05, 4.69) is 5.32 Å². The summed E-state index contributed by atoms with van der Waals surface area (Å²) in [5.41, 5.74) is 0.891. The molecule has 2 heteroatoms. The van der Waals surface area contributed by atoms with Crippen LogP contribution in [0.15, 0.2) is 29.2 Å². The molecule has 1 heterocycles. The summed E-state index contributed by atoms with van der Waals surface area (Å²) in [7, 11) is 0. The third-order valence-corrected chi connectivity index (χ3v) is 2.01. The van der Waals surface area contributed by atoms with E-state index in [1.54, 1.807) is 0 Å². The molecule has 9 heavy (non-hydrogen) atoms. The van der Waals surface area contributed by atoms with Gasteiger partial charge in [-0.15, -0.1) is 11.8 Å². The molecule has 1 aliphatic heterocycles. The Balaban J connectivity index is 2.41. The number of fused-ring (bicyclic) bond motifs is 1. The predicted octanol–water partition coefficient (Wildman–Crippen LogP) is 2.16. The van der Waals surface area contributed by atoms with Crippen LogP contribution >= 0.6 is 11.8 Å². The van der Waals surface area contributed by atoms with E-state index < -0.39 is 5.83 Å². The fourth-order valence-corrected chi connectivity index (χ4v) is 1.44. The minimum atomic E-state index is -1.33. The fraction of sp³-hybridized carbons (Fsp3) is 0.143. The highest BCUT2D eigenvalue weighted by Crippen LogP contribution is 2.32. The Hall–Kier alpha value is -0.630. The number of rotatable bonds is 0. The molecule has 0 radical (unpaired) electrons. The van der Waals surface area contributed by atoms with Crippen molar-refractivity contribution in [2.45, 2.75) is 4.90 Å². The van der Waals surface area contributed by atoms with Gasteiger partial charge in [-0.05, 0) is 12.1 Å². The minimum absolute atomic E-state index is 0.891. The molecular weight excluding hydrogens is 130 g/mol. The van der Waals surface area contributed by atoms with E-state index in [0.29, 0.717) is 0 Å². The zero-order valence-corrected chi connectivity index (χ0v) is 5.53.